The second-order valence-electron chi connectivity index (χ2n) is 8.03. The molecular formula is C24H44O6. The van der Waals surface area contributed by atoms with E-state index in [0.717, 1.165) is 38.5 Å². The highest BCUT2D eigenvalue weighted by atomic mass is 16.5. The van der Waals surface area contributed by atoms with Crippen molar-refractivity contribution in [1.82, 2.24) is 0 Å². The van der Waals surface area contributed by atoms with E-state index in [1.165, 1.54) is 45.6 Å². The second-order valence-corrected chi connectivity index (χ2v) is 8.03. The lowest BCUT2D eigenvalue weighted by Gasteiger charge is -2.15. The molecule has 0 aromatic carbocycles. The van der Waals surface area contributed by atoms with E-state index in [1.54, 1.807) is 0 Å². The van der Waals surface area contributed by atoms with Crippen LogP contribution >= 0.6 is 0 Å². The van der Waals surface area contributed by atoms with Crippen molar-refractivity contribution in [3.8, 4) is 0 Å². The summed E-state index contributed by atoms with van der Waals surface area (Å²) in [6.45, 7) is 5.13. The smallest absolute Gasteiger partial charge is 0.306 e. The number of hydrogen-bond acceptors (Lipinski definition) is 6. The second kappa shape index (κ2) is 20.7. The normalized spacial score (nSPS) is 10.8. The van der Waals surface area contributed by atoms with Gasteiger partial charge in [0.2, 0.25) is 0 Å². The molecule has 0 aromatic rings. The molecule has 0 heterocycles. The maximum absolute atomic E-state index is 12.1. The summed E-state index contributed by atoms with van der Waals surface area (Å²) >= 11 is 0. The van der Waals surface area contributed by atoms with Gasteiger partial charge in [0.05, 0.1) is 20.3 Å². The Morgan fingerprint density at radius 1 is 0.567 bits per heavy atom. The summed E-state index contributed by atoms with van der Waals surface area (Å²) in [5.41, 5.74) is 0. The SMILES string of the molecule is CCCCCCCCOC(=O)CC(CC(=O)OC)CC(=O)OCCCCCCCC. The highest BCUT2D eigenvalue weighted by Gasteiger charge is 2.23. The summed E-state index contributed by atoms with van der Waals surface area (Å²) in [4.78, 5) is 35.8. The number of carbonyl (C=O) groups is 3. The number of ether oxygens (including phenoxy) is 3. The highest BCUT2D eigenvalue weighted by molar-refractivity contribution is 5.76. The van der Waals surface area contributed by atoms with E-state index in [9.17, 15) is 14.4 Å². The largest absolute Gasteiger partial charge is 0.469 e. The summed E-state index contributed by atoms with van der Waals surface area (Å²) in [5.74, 6) is -1.64. The Balaban J connectivity index is 4.12. The number of rotatable bonds is 20. The Morgan fingerprint density at radius 3 is 1.33 bits per heavy atom. The van der Waals surface area contributed by atoms with Crippen molar-refractivity contribution < 1.29 is 28.6 Å². The van der Waals surface area contributed by atoms with Crippen molar-refractivity contribution in [2.45, 2.75) is 110 Å². The van der Waals surface area contributed by atoms with Crippen LogP contribution in [-0.2, 0) is 28.6 Å². The van der Waals surface area contributed by atoms with Gasteiger partial charge in [-0.15, -0.1) is 0 Å². The van der Waals surface area contributed by atoms with E-state index in [2.05, 4.69) is 13.8 Å². The average Bonchev–Trinajstić information content (AvgIpc) is 2.72. The first-order valence-corrected chi connectivity index (χ1v) is 11.9. The molecule has 0 bridgehead atoms. The summed E-state index contributed by atoms with van der Waals surface area (Å²) in [6, 6.07) is 0. The zero-order valence-corrected chi connectivity index (χ0v) is 19.5. The quantitative estimate of drug-likeness (QED) is 0.139. The zero-order valence-electron chi connectivity index (χ0n) is 19.5. The molecule has 0 saturated heterocycles. The summed E-state index contributed by atoms with van der Waals surface area (Å²) < 4.78 is 15.2. The van der Waals surface area contributed by atoms with Crippen molar-refractivity contribution in [1.29, 1.82) is 0 Å². The molecule has 0 saturated carbocycles. The molecule has 0 aliphatic carbocycles. The van der Waals surface area contributed by atoms with Crippen LogP contribution in [0, 0.1) is 5.92 Å². The highest BCUT2D eigenvalue weighted by Crippen LogP contribution is 2.17. The van der Waals surface area contributed by atoms with Gasteiger partial charge in [-0.25, -0.2) is 0 Å². The first kappa shape index (κ1) is 28.4. The van der Waals surface area contributed by atoms with E-state index in [-0.39, 0.29) is 31.2 Å². The van der Waals surface area contributed by atoms with Gasteiger partial charge in [-0.3, -0.25) is 14.4 Å². The van der Waals surface area contributed by atoms with Crippen molar-refractivity contribution in [2.24, 2.45) is 5.92 Å². The Morgan fingerprint density at radius 2 is 0.933 bits per heavy atom. The van der Waals surface area contributed by atoms with Crippen LogP contribution in [0.5, 0.6) is 0 Å². The Hall–Kier alpha value is -1.59. The van der Waals surface area contributed by atoms with E-state index in [0.29, 0.717) is 13.2 Å². The molecule has 0 radical (unpaired) electrons. The zero-order chi connectivity index (χ0) is 22.5. The fraction of sp³-hybridized carbons (Fsp3) is 0.875. The number of esters is 3. The number of unbranched alkanes of at least 4 members (excludes halogenated alkanes) is 10. The van der Waals surface area contributed by atoms with Gasteiger partial charge in [0.15, 0.2) is 0 Å². The van der Waals surface area contributed by atoms with Crippen LogP contribution in [0.4, 0.5) is 0 Å². The van der Waals surface area contributed by atoms with Gasteiger partial charge in [0, 0.05) is 19.3 Å². The molecule has 6 heteroatoms. The molecule has 0 N–H and O–H groups in total. The lowest BCUT2D eigenvalue weighted by molar-refractivity contribution is -0.149. The molecule has 176 valence electrons. The predicted molar refractivity (Wildman–Crippen MR) is 118 cm³/mol. The van der Waals surface area contributed by atoms with E-state index >= 15 is 0 Å². The molecule has 0 spiro atoms. The molecular weight excluding hydrogens is 384 g/mol. The Labute approximate surface area is 183 Å². The standard InChI is InChI=1S/C24H44O6/c1-4-6-8-10-12-14-16-29-23(26)19-21(18-22(25)28-3)20-24(27)30-17-15-13-11-9-7-5-2/h21H,4-20H2,1-3H3. The monoisotopic (exact) mass is 428 g/mol. The van der Waals surface area contributed by atoms with Gasteiger partial charge >= 0.3 is 17.9 Å². The van der Waals surface area contributed by atoms with E-state index in [4.69, 9.17) is 14.2 Å². The lowest BCUT2D eigenvalue weighted by Crippen LogP contribution is -2.20. The van der Waals surface area contributed by atoms with Crippen LogP contribution < -0.4 is 0 Å². The van der Waals surface area contributed by atoms with Gasteiger partial charge in [0.1, 0.15) is 0 Å². The molecule has 0 fully saturated rings. The van der Waals surface area contributed by atoms with Gasteiger partial charge in [-0.2, -0.15) is 0 Å². The topological polar surface area (TPSA) is 78.9 Å². The molecule has 30 heavy (non-hydrogen) atoms. The Kier molecular flexibility index (Phi) is 19.6. The molecule has 0 aromatic heterocycles. The molecule has 0 amide bonds. The minimum Gasteiger partial charge on any atom is -0.469 e. The minimum absolute atomic E-state index is 0.00867. The third kappa shape index (κ3) is 18.4. The lowest BCUT2D eigenvalue weighted by atomic mass is 9.97. The number of carbonyl (C=O) groups excluding carboxylic acids is 3. The number of methoxy groups -OCH3 is 1. The van der Waals surface area contributed by atoms with Crippen LogP contribution in [-0.4, -0.2) is 38.2 Å². The van der Waals surface area contributed by atoms with E-state index < -0.39 is 11.9 Å². The maximum Gasteiger partial charge on any atom is 0.306 e. The van der Waals surface area contributed by atoms with Crippen LogP contribution in [0.3, 0.4) is 0 Å². The van der Waals surface area contributed by atoms with Crippen molar-refractivity contribution >= 4 is 17.9 Å². The summed E-state index contributed by atoms with van der Waals surface area (Å²) in [6.07, 6.45) is 13.5. The van der Waals surface area contributed by atoms with E-state index in [1.807, 2.05) is 0 Å². The first-order chi connectivity index (χ1) is 14.5. The van der Waals surface area contributed by atoms with Crippen molar-refractivity contribution in [3.05, 3.63) is 0 Å². The average molecular weight is 429 g/mol. The van der Waals surface area contributed by atoms with Crippen LogP contribution in [0.2, 0.25) is 0 Å². The minimum atomic E-state index is -0.452. The fourth-order valence-electron chi connectivity index (χ4n) is 3.26. The molecule has 0 aliphatic heterocycles. The Bertz CT molecular complexity index is 417. The van der Waals surface area contributed by atoms with Crippen LogP contribution in [0.1, 0.15) is 110 Å². The predicted octanol–water partition coefficient (Wildman–Crippen LogP) is 5.75. The van der Waals surface area contributed by atoms with Crippen molar-refractivity contribution in [2.75, 3.05) is 20.3 Å². The van der Waals surface area contributed by atoms with Crippen LogP contribution in [0.25, 0.3) is 0 Å². The summed E-state index contributed by atoms with van der Waals surface area (Å²) in [7, 11) is 1.30. The number of hydrogen-bond donors (Lipinski definition) is 0. The molecule has 6 nitrogen and oxygen atoms in total. The maximum atomic E-state index is 12.1. The third-order valence-electron chi connectivity index (χ3n) is 5.12. The molecule has 0 rings (SSSR count). The van der Waals surface area contributed by atoms with Gasteiger partial charge in [-0.05, 0) is 18.8 Å². The van der Waals surface area contributed by atoms with Gasteiger partial charge < -0.3 is 14.2 Å². The van der Waals surface area contributed by atoms with Gasteiger partial charge in [-0.1, -0.05) is 78.1 Å². The van der Waals surface area contributed by atoms with Gasteiger partial charge in [0.25, 0.3) is 0 Å². The molecule has 0 atom stereocenters. The molecule has 0 aliphatic rings. The van der Waals surface area contributed by atoms with Crippen molar-refractivity contribution in [3.63, 3.8) is 0 Å². The fourth-order valence-corrected chi connectivity index (χ4v) is 3.26. The van der Waals surface area contributed by atoms with Crippen LogP contribution in [0.15, 0.2) is 0 Å². The summed E-state index contributed by atoms with van der Waals surface area (Å²) in [5, 5.41) is 0. The molecule has 0 unspecified atom stereocenters. The third-order valence-corrected chi connectivity index (χ3v) is 5.12. The first-order valence-electron chi connectivity index (χ1n) is 11.9.